The van der Waals surface area contributed by atoms with Crippen LogP contribution in [0.15, 0.2) is 42.5 Å². The van der Waals surface area contributed by atoms with Gasteiger partial charge < -0.3 is 15.4 Å². The zero-order valence-corrected chi connectivity index (χ0v) is 13.0. The van der Waals surface area contributed by atoms with Gasteiger partial charge in [0.1, 0.15) is 18.0 Å². The Morgan fingerprint density at radius 3 is 2.30 bits per heavy atom. The van der Waals surface area contributed by atoms with Crippen molar-refractivity contribution < 1.29 is 18.7 Å². The molecule has 5 nitrogen and oxygen atoms in total. The molecule has 0 aliphatic carbocycles. The van der Waals surface area contributed by atoms with Gasteiger partial charge in [-0.25, -0.2) is 4.39 Å². The number of ether oxygens (including phenoxy) is 1. The minimum atomic E-state index is -0.548. The largest absolute Gasteiger partial charge is 0.495 e. The minimum absolute atomic E-state index is 0.287. The third-order valence-corrected chi connectivity index (χ3v) is 3.16. The van der Waals surface area contributed by atoms with E-state index in [0.717, 1.165) is 0 Å². The lowest BCUT2D eigenvalue weighted by molar-refractivity contribution is -0.123. The summed E-state index contributed by atoms with van der Waals surface area (Å²) < 4.78 is 18.0. The molecule has 0 spiro atoms. The highest BCUT2D eigenvalue weighted by molar-refractivity contribution is 6.32. The highest BCUT2D eigenvalue weighted by Crippen LogP contribution is 2.27. The number of halogens is 2. The van der Waals surface area contributed by atoms with Gasteiger partial charge in [-0.15, -0.1) is 0 Å². The molecule has 2 amide bonds. The Bertz CT molecular complexity index is 737. The van der Waals surface area contributed by atoms with E-state index in [4.69, 9.17) is 16.3 Å². The number of anilines is 2. The lowest BCUT2D eigenvalue weighted by Crippen LogP contribution is -2.21. The Morgan fingerprint density at radius 1 is 1.09 bits per heavy atom. The molecule has 2 N–H and O–H groups in total. The van der Waals surface area contributed by atoms with Crippen molar-refractivity contribution in [3.05, 3.63) is 53.3 Å². The van der Waals surface area contributed by atoms with Crippen molar-refractivity contribution in [1.29, 1.82) is 0 Å². The van der Waals surface area contributed by atoms with Gasteiger partial charge in [-0.3, -0.25) is 9.59 Å². The molecule has 0 fully saturated rings. The van der Waals surface area contributed by atoms with Gasteiger partial charge in [-0.05, 0) is 36.4 Å². The van der Waals surface area contributed by atoms with Crippen LogP contribution in [-0.2, 0) is 9.59 Å². The number of hydrogen-bond donors (Lipinski definition) is 2. The fraction of sp³-hybridized carbons (Fsp3) is 0.125. The average molecular weight is 337 g/mol. The zero-order valence-electron chi connectivity index (χ0n) is 12.2. The number of amides is 2. The molecular formula is C16H14ClFN2O3. The van der Waals surface area contributed by atoms with Crippen LogP contribution < -0.4 is 15.4 Å². The molecule has 0 unspecified atom stereocenters. The van der Waals surface area contributed by atoms with E-state index in [0.29, 0.717) is 16.5 Å². The van der Waals surface area contributed by atoms with Crippen molar-refractivity contribution in [2.75, 3.05) is 17.7 Å². The van der Waals surface area contributed by atoms with Crippen molar-refractivity contribution >= 4 is 34.8 Å². The normalized spacial score (nSPS) is 10.0. The molecule has 2 rings (SSSR count). The average Bonchev–Trinajstić information content (AvgIpc) is 2.47. The first-order valence-electron chi connectivity index (χ1n) is 6.67. The molecule has 0 aliphatic heterocycles. The Kier molecular flexibility index (Phi) is 5.54. The van der Waals surface area contributed by atoms with Crippen molar-refractivity contribution in [2.45, 2.75) is 6.42 Å². The third-order valence-electron chi connectivity index (χ3n) is 2.87. The van der Waals surface area contributed by atoms with Gasteiger partial charge in [-0.2, -0.15) is 0 Å². The fourth-order valence-corrected chi connectivity index (χ4v) is 2.12. The second-order valence-corrected chi connectivity index (χ2v) is 5.04. The molecule has 0 bridgehead atoms. The number of carbonyl (C=O) groups is 2. The molecule has 7 heteroatoms. The van der Waals surface area contributed by atoms with Gasteiger partial charge in [0.15, 0.2) is 0 Å². The van der Waals surface area contributed by atoms with Gasteiger partial charge in [0.25, 0.3) is 0 Å². The Hall–Kier alpha value is -2.60. The van der Waals surface area contributed by atoms with Gasteiger partial charge in [0.05, 0.1) is 12.1 Å². The summed E-state index contributed by atoms with van der Waals surface area (Å²) in [6.07, 6.45) is -0.403. The van der Waals surface area contributed by atoms with Crippen LogP contribution in [-0.4, -0.2) is 18.9 Å². The maximum absolute atomic E-state index is 13.0. The number of carbonyl (C=O) groups excluding carboxylic acids is 2. The quantitative estimate of drug-likeness (QED) is 0.822. The number of rotatable bonds is 5. The van der Waals surface area contributed by atoms with E-state index in [1.54, 1.807) is 12.1 Å². The molecule has 0 radical (unpaired) electrons. The number of nitrogens with one attached hydrogen (secondary N) is 2. The van der Waals surface area contributed by atoms with Crippen molar-refractivity contribution in [3.8, 4) is 5.75 Å². The lowest BCUT2D eigenvalue weighted by Gasteiger charge is -2.08. The molecule has 0 aliphatic rings. The first kappa shape index (κ1) is 16.8. The van der Waals surface area contributed by atoms with Gasteiger partial charge in [0, 0.05) is 11.4 Å². The molecule has 0 aromatic heterocycles. The molecule has 120 valence electrons. The summed E-state index contributed by atoms with van der Waals surface area (Å²) in [6.45, 7) is 0. The molecule has 0 saturated carbocycles. The van der Waals surface area contributed by atoms with Gasteiger partial charge in [-0.1, -0.05) is 17.7 Å². The lowest BCUT2D eigenvalue weighted by atomic mass is 10.2. The van der Waals surface area contributed by atoms with E-state index < -0.39 is 24.1 Å². The summed E-state index contributed by atoms with van der Waals surface area (Å²) in [4.78, 5) is 23.6. The summed E-state index contributed by atoms with van der Waals surface area (Å²) in [6, 6.07) is 10.1. The molecule has 2 aromatic rings. The van der Waals surface area contributed by atoms with Gasteiger partial charge in [0.2, 0.25) is 11.8 Å². The smallest absolute Gasteiger partial charge is 0.233 e. The van der Waals surface area contributed by atoms with Crippen LogP contribution in [0.5, 0.6) is 5.75 Å². The predicted octanol–water partition coefficient (Wildman–Crippen LogP) is 3.46. The van der Waals surface area contributed by atoms with E-state index in [1.807, 2.05) is 0 Å². The molecular weight excluding hydrogens is 323 g/mol. The number of hydrogen-bond acceptors (Lipinski definition) is 3. The zero-order chi connectivity index (χ0) is 16.8. The minimum Gasteiger partial charge on any atom is -0.495 e. The van der Waals surface area contributed by atoms with E-state index in [1.165, 1.54) is 37.4 Å². The fourth-order valence-electron chi connectivity index (χ4n) is 1.87. The van der Waals surface area contributed by atoms with Crippen LogP contribution in [0.3, 0.4) is 0 Å². The Labute approximate surface area is 137 Å². The molecule has 23 heavy (non-hydrogen) atoms. The topological polar surface area (TPSA) is 67.4 Å². The SMILES string of the molecule is COc1ccc(NC(=O)CC(=O)Nc2cccc(F)c2)cc1Cl. The summed E-state index contributed by atoms with van der Waals surface area (Å²) in [5.74, 6) is -1.05. The highest BCUT2D eigenvalue weighted by atomic mass is 35.5. The predicted molar refractivity (Wildman–Crippen MR) is 86.3 cm³/mol. The van der Waals surface area contributed by atoms with E-state index in [-0.39, 0.29) is 5.69 Å². The maximum Gasteiger partial charge on any atom is 0.233 e. The standard InChI is InChI=1S/C16H14ClFN2O3/c1-23-14-6-5-12(8-13(14)17)20-16(22)9-15(21)19-11-4-2-3-10(18)7-11/h2-8H,9H2,1H3,(H,19,21)(H,20,22). The van der Waals surface area contributed by atoms with Crippen LogP contribution in [0.1, 0.15) is 6.42 Å². The Morgan fingerprint density at radius 2 is 1.74 bits per heavy atom. The highest BCUT2D eigenvalue weighted by Gasteiger charge is 2.11. The second-order valence-electron chi connectivity index (χ2n) is 4.63. The maximum atomic E-state index is 13.0. The molecule has 0 saturated heterocycles. The first-order chi connectivity index (χ1) is 11.0. The van der Waals surface area contributed by atoms with Crippen LogP contribution in [0.4, 0.5) is 15.8 Å². The molecule has 0 atom stereocenters. The van der Waals surface area contributed by atoms with E-state index in [9.17, 15) is 14.0 Å². The summed E-state index contributed by atoms with van der Waals surface area (Å²) >= 11 is 5.95. The van der Waals surface area contributed by atoms with Gasteiger partial charge >= 0.3 is 0 Å². The van der Waals surface area contributed by atoms with E-state index in [2.05, 4.69) is 10.6 Å². The van der Waals surface area contributed by atoms with Crippen molar-refractivity contribution in [2.24, 2.45) is 0 Å². The van der Waals surface area contributed by atoms with Crippen LogP contribution in [0.25, 0.3) is 0 Å². The summed E-state index contributed by atoms with van der Waals surface area (Å²) in [5, 5.41) is 5.33. The number of benzene rings is 2. The number of methoxy groups -OCH3 is 1. The molecule has 0 heterocycles. The van der Waals surface area contributed by atoms with Crippen LogP contribution in [0, 0.1) is 5.82 Å². The van der Waals surface area contributed by atoms with Crippen molar-refractivity contribution in [1.82, 2.24) is 0 Å². The van der Waals surface area contributed by atoms with E-state index >= 15 is 0 Å². The molecule has 2 aromatic carbocycles. The van der Waals surface area contributed by atoms with Crippen molar-refractivity contribution in [3.63, 3.8) is 0 Å². The summed E-state index contributed by atoms with van der Waals surface area (Å²) in [5.41, 5.74) is 0.731. The van der Waals surface area contributed by atoms with Crippen LogP contribution in [0.2, 0.25) is 5.02 Å². The first-order valence-corrected chi connectivity index (χ1v) is 7.04. The Balaban J connectivity index is 1.91. The summed E-state index contributed by atoms with van der Waals surface area (Å²) in [7, 11) is 1.48. The second kappa shape index (κ2) is 7.60. The third kappa shape index (κ3) is 4.96. The monoisotopic (exact) mass is 336 g/mol. The van der Waals surface area contributed by atoms with Crippen LogP contribution >= 0.6 is 11.6 Å².